The fourth-order valence-corrected chi connectivity index (χ4v) is 2.34. The summed E-state index contributed by atoms with van der Waals surface area (Å²) in [5, 5.41) is 4.42. The summed E-state index contributed by atoms with van der Waals surface area (Å²) >= 11 is 5.95. The largest absolute Gasteiger partial charge is 0.495 e. The highest BCUT2D eigenvalue weighted by atomic mass is 35.5. The number of nitrogens with zero attached hydrogens (tertiary/aromatic N) is 1. The zero-order valence-electron chi connectivity index (χ0n) is 12.9. The molecule has 6 nitrogen and oxygen atoms in total. The third-order valence-corrected chi connectivity index (χ3v) is 3.68. The predicted molar refractivity (Wildman–Crippen MR) is 90.1 cm³/mol. The number of methoxy groups -OCH3 is 1. The molecule has 0 saturated heterocycles. The minimum Gasteiger partial charge on any atom is -0.495 e. The number of rotatable bonds is 4. The summed E-state index contributed by atoms with van der Waals surface area (Å²) in [6.07, 6.45) is 0.741. The molecule has 1 amide bonds. The normalized spacial score (nSPS) is 16.0. The maximum absolute atomic E-state index is 12.1. The molecule has 0 aromatic heterocycles. The van der Waals surface area contributed by atoms with Crippen molar-refractivity contribution < 1.29 is 19.0 Å². The van der Waals surface area contributed by atoms with E-state index in [0.29, 0.717) is 22.3 Å². The van der Waals surface area contributed by atoms with Crippen LogP contribution in [-0.4, -0.2) is 31.9 Å². The quantitative estimate of drug-likeness (QED) is 0.682. The minimum absolute atomic E-state index is 0.132. The predicted octanol–water partition coefficient (Wildman–Crippen LogP) is 2.64. The highest BCUT2D eigenvalue weighted by Gasteiger charge is 2.26. The Morgan fingerprint density at radius 2 is 2.12 bits per heavy atom. The number of hydrogen-bond acceptors (Lipinski definition) is 5. The van der Waals surface area contributed by atoms with Gasteiger partial charge in [0, 0.05) is 0 Å². The van der Waals surface area contributed by atoms with Crippen LogP contribution in [0.3, 0.4) is 0 Å². The van der Waals surface area contributed by atoms with E-state index in [4.69, 9.17) is 25.8 Å². The van der Waals surface area contributed by atoms with Gasteiger partial charge in [-0.05, 0) is 29.8 Å². The van der Waals surface area contributed by atoms with Gasteiger partial charge in [0.2, 0.25) is 6.10 Å². The van der Waals surface area contributed by atoms with E-state index in [1.165, 1.54) is 13.3 Å². The zero-order chi connectivity index (χ0) is 16.9. The number of amides is 1. The van der Waals surface area contributed by atoms with E-state index in [2.05, 4.69) is 10.5 Å². The maximum Gasteiger partial charge on any atom is 0.284 e. The maximum atomic E-state index is 12.1. The molecule has 0 saturated carbocycles. The molecule has 1 heterocycles. The molecule has 1 aliphatic heterocycles. The monoisotopic (exact) mass is 346 g/mol. The Morgan fingerprint density at radius 1 is 1.33 bits per heavy atom. The molecule has 0 unspecified atom stereocenters. The van der Waals surface area contributed by atoms with Crippen LogP contribution in [0.25, 0.3) is 0 Å². The highest BCUT2D eigenvalue weighted by Crippen LogP contribution is 2.30. The summed E-state index contributed by atoms with van der Waals surface area (Å²) in [5.41, 5.74) is 3.17. The molecule has 7 heteroatoms. The lowest BCUT2D eigenvalue weighted by atomic mass is 10.2. The molecule has 0 spiro atoms. The summed E-state index contributed by atoms with van der Waals surface area (Å²) < 4.78 is 16.2. The smallest absolute Gasteiger partial charge is 0.284 e. The highest BCUT2D eigenvalue weighted by molar-refractivity contribution is 6.32. The third kappa shape index (κ3) is 3.60. The number of hydrazone groups is 1. The summed E-state index contributed by atoms with van der Waals surface area (Å²) in [6.45, 7) is 0.132. The molecule has 0 radical (unpaired) electrons. The van der Waals surface area contributed by atoms with Gasteiger partial charge in [-0.2, -0.15) is 5.10 Å². The summed E-state index contributed by atoms with van der Waals surface area (Å²) in [5.74, 6) is 1.31. The van der Waals surface area contributed by atoms with Crippen LogP contribution in [0.5, 0.6) is 17.2 Å². The first-order valence-electron chi connectivity index (χ1n) is 7.22. The van der Waals surface area contributed by atoms with Gasteiger partial charge in [-0.25, -0.2) is 5.43 Å². The Balaban J connectivity index is 1.60. The molecule has 2 aromatic rings. The van der Waals surface area contributed by atoms with Gasteiger partial charge in [-0.15, -0.1) is 0 Å². The summed E-state index contributed by atoms with van der Waals surface area (Å²) in [7, 11) is 1.53. The standard InChI is InChI=1S/C17H15ClN2O4/c1-22-15-8-11(6-7-12(15)18)9-19-20-17(21)16-10-23-13-4-2-3-5-14(13)24-16/h2-9,16H,10H2,1H3,(H,20,21)/b19-9-/t16-/m0/s1. The van der Waals surface area contributed by atoms with Crippen LogP contribution in [0.4, 0.5) is 0 Å². The Hall–Kier alpha value is -2.73. The lowest BCUT2D eigenvalue weighted by Gasteiger charge is -2.24. The second-order valence-electron chi connectivity index (χ2n) is 4.99. The second kappa shape index (κ2) is 7.23. The van der Waals surface area contributed by atoms with E-state index >= 15 is 0 Å². The number of para-hydroxylation sites is 2. The van der Waals surface area contributed by atoms with Gasteiger partial charge in [0.1, 0.15) is 12.4 Å². The number of halogens is 1. The molecule has 1 N–H and O–H groups in total. The number of carbonyl (C=O) groups excluding carboxylic acids is 1. The van der Waals surface area contributed by atoms with Crippen molar-refractivity contribution in [3.05, 3.63) is 53.1 Å². The van der Waals surface area contributed by atoms with Crippen LogP contribution in [0.1, 0.15) is 5.56 Å². The Labute approximate surface area is 144 Å². The number of carbonyl (C=O) groups is 1. The van der Waals surface area contributed by atoms with E-state index in [1.54, 1.807) is 30.3 Å². The molecule has 0 fully saturated rings. The molecule has 1 atom stereocenters. The number of nitrogens with one attached hydrogen (secondary N) is 1. The van der Waals surface area contributed by atoms with Crippen molar-refractivity contribution in [2.24, 2.45) is 5.10 Å². The molecule has 3 rings (SSSR count). The molecule has 124 valence electrons. The van der Waals surface area contributed by atoms with Crippen LogP contribution in [0.2, 0.25) is 5.02 Å². The average molecular weight is 347 g/mol. The lowest BCUT2D eigenvalue weighted by Crippen LogP contribution is -2.42. The first kappa shape index (κ1) is 16.1. The first-order valence-corrected chi connectivity index (χ1v) is 7.60. The van der Waals surface area contributed by atoms with E-state index in [-0.39, 0.29) is 12.5 Å². The van der Waals surface area contributed by atoms with Crippen molar-refractivity contribution in [2.45, 2.75) is 6.10 Å². The number of fused-ring (bicyclic) bond motifs is 1. The van der Waals surface area contributed by atoms with E-state index < -0.39 is 6.10 Å². The van der Waals surface area contributed by atoms with Crippen molar-refractivity contribution in [2.75, 3.05) is 13.7 Å². The molecule has 24 heavy (non-hydrogen) atoms. The van der Waals surface area contributed by atoms with Gasteiger partial charge < -0.3 is 14.2 Å². The van der Waals surface area contributed by atoms with Crippen molar-refractivity contribution >= 4 is 23.7 Å². The van der Waals surface area contributed by atoms with E-state index in [9.17, 15) is 4.79 Å². The summed E-state index contributed by atoms with van der Waals surface area (Å²) in [4.78, 5) is 12.1. The van der Waals surface area contributed by atoms with Crippen molar-refractivity contribution in [1.29, 1.82) is 0 Å². The van der Waals surface area contributed by atoms with E-state index in [0.717, 1.165) is 5.56 Å². The van der Waals surface area contributed by atoms with Crippen molar-refractivity contribution in [3.63, 3.8) is 0 Å². The van der Waals surface area contributed by atoms with E-state index in [1.807, 2.05) is 12.1 Å². The van der Waals surface area contributed by atoms with Crippen molar-refractivity contribution in [3.8, 4) is 17.2 Å². The van der Waals surface area contributed by atoms with Gasteiger partial charge >= 0.3 is 0 Å². The van der Waals surface area contributed by atoms with Crippen LogP contribution < -0.4 is 19.6 Å². The van der Waals surface area contributed by atoms with Gasteiger partial charge in [0.15, 0.2) is 11.5 Å². The molecule has 2 aromatic carbocycles. The molecule has 0 aliphatic carbocycles. The fraction of sp³-hybridized carbons (Fsp3) is 0.176. The minimum atomic E-state index is -0.753. The van der Waals surface area contributed by atoms with Gasteiger partial charge in [-0.3, -0.25) is 4.79 Å². The van der Waals surface area contributed by atoms with Crippen LogP contribution in [0.15, 0.2) is 47.6 Å². The zero-order valence-corrected chi connectivity index (χ0v) is 13.6. The Bertz CT molecular complexity index is 779. The Kier molecular flexibility index (Phi) is 4.86. The van der Waals surface area contributed by atoms with Gasteiger partial charge in [0.05, 0.1) is 18.3 Å². The lowest BCUT2D eigenvalue weighted by molar-refractivity contribution is -0.130. The molecular formula is C17H15ClN2O4. The topological polar surface area (TPSA) is 69.2 Å². The first-order chi connectivity index (χ1) is 11.7. The van der Waals surface area contributed by atoms with Gasteiger partial charge in [0.25, 0.3) is 5.91 Å². The molecular weight excluding hydrogens is 332 g/mol. The number of ether oxygens (including phenoxy) is 3. The Morgan fingerprint density at radius 3 is 2.92 bits per heavy atom. The molecule has 0 bridgehead atoms. The van der Waals surface area contributed by atoms with Crippen LogP contribution >= 0.6 is 11.6 Å². The number of benzene rings is 2. The fourth-order valence-electron chi connectivity index (χ4n) is 2.15. The SMILES string of the molecule is COc1cc(/C=N\NC(=O)[C@@H]2COc3ccccc3O2)ccc1Cl. The second-order valence-corrected chi connectivity index (χ2v) is 5.40. The van der Waals surface area contributed by atoms with Crippen LogP contribution in [-0.2, 0) is 4.79 Å². The van der Waals surface area contributed by atoms with Crippen LogP contribution in [0, 0.1) is 0 Å². The van der Waals surface area contributed by atoms with Gasteiger partial charge in [-0.1, -0.05) is 29.8 Å². The average Bonchev–Trinajstić information content (AvgIpc) is 2.62. The molecule has 1 aliphatic rings. The summed E-state index contributed by atoms with van der Waals surface area (Å²) in [6, 6.07) is 12.4. The number of hydrogen-bond donors (Lipinski definition) is 1. The van der Waals surface area contributed by atoms with Crippen molar-refractivity contribution in [1.82, 2.24) is 5.43 Å². The third-order valence-electron chi connectivity index (χ3n) is 3.36.